The molecule has 47 heavy (non-hydrogen) atoms. The molecule has 0 saturated carbocycles. The Balaban J connectivity index is 2.24. The van der Waals surface area contributed by atoms with Crippen LogP contribution in [-0.2, 0) is 30.6 Å². The van der Waals surface area contributed by atoms with Gasteiger partial charge in [0.2, 0.25) is 23.5 Å². The summed E-state index contributed by atoms with van der Waals surface area (Å²) in [6, 6.07) is 7.93. The molecule has 3 atom stereocenters. The van der Waals surface area contributed by atoms with Crippen molar-refractivity contribution in [3.05, 3.63) is 73.2 Å². The fourth-order valence-corrected chi connectivity index (χ4v) is 6.62. The fourth-order valence-electron chi connectivity index (χ4n) is 4.85. The van der Waals surface area contributed by atoms with Gasteiger partial charge in [-0.05, 0) is 83.4 Å². The van der Waals surface area contributed by atoms with Crippen LogP contribution in [0.1, 0.15) is 66.4 Å². The smallest absolute Gasteiger partial charge is 0.312 e. The molecule has 4 N–H and O–H groups in total. The predicted molar refractivity (Wildman–Crippen MR) is 188 cm³/mol. The Hall–Kier alpha value is -3.53. The number of phenolic OH excluding ortho intramolecular Hbond substituents is 1. The number of hydrogen-bond donors (Lipinski definition) is 4. The number of nitrogens with one attached hydrogen (secondary N) is 3. The van der Waals surface area contributed by atoms with Gasteiger partial charge in [0.15, 0.2) is 9.84 Å². The first kappa shape index (κ1) is 39.6. The second-order valence-corrected chi connectivity index (χ2v) is 15.7. The van der Waals surface area contributed by atoms with Crippen molar-refractivity contribution in [2.75, 3.05) is 0 Å². The quantitative estimate of drug-likeness (QED) is 0.0979. The lowest BCUT2D eigenvalue weighted by molar-refractivity contribution is -0.386. The zero-order chi connectivity index (χ0) is 35.5. The molecule has 258 valence electrons. The number of carbonyl (C=O) groups is 3. The molecule has 0 bridgehead atoms. The fraction of sp³-hybridized carbons (Fsp3) is 0.485. The SMILES string of the molecule is CC(C)C[C@H](/C=C/S(=O)(=O)c1ccccc1)NC(=O)[C@@H](CC(C)C)NC(=O)[C@@H](CC(C)C)NC(=O)Cc1cc(I)c(O)c([N+](=O)[O-])c1. The predicted octanol–water partition coefficient (Wildman–Crippen LogP) is 5.03. The molecule has 0 fully saturated rings. The summed E-state index contributed by atoms with van der Waals surface area (Å²) >= 11 is 1.74. The summed E-state index contributed by atoms with van der Waals surface area (Å²) in [5.74, 6) is -1.99. The van der Waals surface area contributed by atoms with Crippen LogP contribution >= 0.6 is 22.6 Å². The highest BCUT2D eigenvalue weighted by Crippen LogP contribution is 2.32. The molecule has 0 aliphatic rings. The van der Waals surface area contributed by atoms with Gasteiger partial charge in [0.1, 0.15) is 12.1 Å². The number of nitro benzene ring substituents is 1. The molecule has 0 aromatic heterocycles. The third kappa shape index (κ3) is 13.2. The van der Waals surface area contributed by atoms with Gasteiger partial charge in [0.05, 0.1) is 19.8 Å². The summed E-state index contributed by atoms with van der Waals surface area (Å²) in [5.41, 5.74) is -0.238. The Labute approximate surface area is 290 Å². The van der Waals surface area contributed by atoms with Gasteiger partial charge in [-0.1, -0.05) is 65.8 Å². The van der Waals surface area contributed by atoms with E-state index < -0.39 is 62.0 Å². The topological polar surface area (TPSA) is 185 Å². The third-order valence-corrected chi connectivity index (χ3v) is 9.25. The first-order valence-corrected chi connectivity index (χ1v) is 18.1. The minimum atomic E-state index is -3.74. The van der Waals surface area contributed by atoms with Crippen molar-refractivity contribution in [2.24, 2.45) is 17.8 Å². The van der Waals surface area contributed by atoms with Crippen LogP contribution in [-0.4, -0.2) is 54.3 Å². The number of rotatable bonds is 17. The maximum Gasteiger partial charge on any atom is 0.312 e. The first-order chi connectivity index (χ1) is 21.9. The van der Waals surface area contributed by atoms with Crippen LogP contribution in [0.2, 0.25) is 0 Å². The molecule has 3 amide bonds. The molecule has 0 heterocycles. The monoisotopic (exact) mass is 784 g/mol. The van der Waals surface area contributed by atoms with Crippen LogP contribution < -0.4 is 16.0 Å². The molecule has 0 saturated heterocycles. The molecule has 2 rings (SSSR count). The van der Waals surface area contributed by atoms with Gasteiger partial charge in [-0.15, -0.1) is 0 Å². The number of aromatic hydroxyl groups is 1. The van der Waals surface area contributed by atoms with E-state index in [1.807, 2.05) is 41.5 Å². The van der Waals surface area contributed by atoms with Gasteiger partial charge in [-0.2, -0.15) is 0 Å². The standard InChI is InChI=1S/C33H45IN4O8S/c1-20(2)14-24(12-13-47(45,46)25-10-8-7-9-11-25)35-32(41)28(16-22(5)6)37-33(42)27(15-21(3)4)36-30(39)19-23-17-26(34)31(40)29(18-23)38(43)44/h7-13,17-18,20-22,24,27-28,40H,14-16,19H2,1-6H3,(H,35,41)(H,36,39)(H,37,42)/b13-12+/t24-,27+,28+/m0/s1. The molecular formula is C33H45IN4O8S. The normalized spacial score (nSPS) is 13.8. The van der Waals surface area contributed by atoms with Gasteiger partial charge in [-0.25, -0.2) is 8.42 Å². The van der Waals surface area contributed by atoms with Crippen LogP contribution in [0.3, 0.4) is 0 Å². The summed E-state index contributed by atoms with van der Waals surface area (Å²) in [5, 5.41) is 30.8. The molecule has 0 spiro atoms. The van der Waals surface area contributed by atoms with Crippen molar-refractivity contribution < 1.29 is 32.8 Å². The summed E-state index contributed by atoms with van der Waals surface area (Å²) in [6.45, 7) is 11.4. The number of hydrogen-bond acceptors (Lipinski definition) is 8. The van der Waals surface area contributed by atoms with Crippen LogP contribution in [0.4, 0.5) is 5.69 Å². The van der Waals surface area contributed by atoms with Gasteiger partial charge in [-0.3, -0.25) is 24.5 Å². The van der Waals surface area contributed by atoms with Crippen molar-refractivity contribution in [1.29, 1.82) is 0 Å². The molecule has 2 aromatic carbocycles. The molecule has 14 heteroatoms. The van der Waals surface area contributed by atoms with Crippen molar-refractivity contribution in [1.82, 2.24) is 16.0 Å². The van der Waals surface area contributed by atoms with E-state index in [9.17, 15) is 38.0 Å². The highest BCUT2D eigenvalue weighted by molar-refractivity contribution is 14.1. The molecular weight excluding hydrogens is 739 g/mol. The highest BCUT2D eigenvalue weighted by atomic mass is 127. The summed E-state index contributed by atoms with van der Waals surface area (Å²) in [7, 11) is -3.74. The number of amides is 3. The summed E-state index contributed by atoms with van der Waals surface area (Å²) in [6.07, 6.45) is 2.18. The minimum absolute atomic E-state index is 0.00810. The maximum atomic E-state index is 13.6. The average molecular weight is 785 g/mol. The van der Waals surface area contributed by atoms with E-state index >= 15 is 0 Å². The van der Waals surface area contributed by atoms with Crippen molar-refractivity contribution in [3.63, 3.8) is 0 Å². The number of phenols is 1. The van der Waals surface area contributed by atoms with Crippen molar-refractivity contribution >= 4 is 55.8 Å². The number of benzene rings is 2. The molecule has 0 aliphatic heterocycles. The number of halogens is 1. The lowest BCUT2D eigenvalue weighted by Crippen LogP contribution is -2.55. The van der Waals surface area contributed by atoms with Crippen LogP contribution in [0.15, 0.2) is 58.8 Å². The van der Waals surface area contributed by atoms with Crippen molar-refractivity contribution in [2.45, 2.75) is 90.2 Å². The molecule has 0 unspecified atom stereocenters. The van der Waals surface area contributed by atoms with Gasteiger partial charge in [0, 0.05) is 17.5 Å². The van der Waals surface area contributed by atoms with E-state index in [4.69, 9.17) is 0 Å². The van der Waals surface area contributed by atoms with Crippen LogP contribution in [0.25, 0.3) is 0 Å². The number of carbonyl (C=O) groups excluding carboxylic acids is 3. The molecule has 0 radical (unpaired) electrons. The molecule has 12 nitrogen and oxygen atoms in total. The minimum Gasteiger partial charge on any atom is -0.501 e. The Morgan fingerprint density at radius 1 is 0.872 bits per heavy atom. The number of sulfone groups is 1. The second-order valence-electron chi connectivity index (χ2n) is 12.8. The van der Waals surface area contributed by atoms with E-state index in [0.29, 0.717) is 6.42 Å². The first-order valence-electron chi connectivity index (χ1n) is 15.4. The van der Waals surface area contributed by atoms with E-state index in [-0.39, 0.29) is 51.0 Å². The van der Waals surface area contributed by atoms with E-state index in [2.05, 4.69) is 16.0 Å². The second kappa shape index (κ2) is 18.1. The van der Waals surface area contributed by atoms with Gasteiger partial charge in [0.25, 0.3) is 0 Å². The zero-order valence-corrected chi connectivity index (χ0v) is 30.5. The molecule has 2 aromatic rings. The molecule has 0 aliphatic carbocycles. The third-order valence-electron chi connectivity index (χ3n) is 6.98. The van der Waals surface area contributed by atoms with E-state index in [0.717, 1.165) is 11.5 Å². The van der Waals surface area contributed by atoms with E-state index in [1.54, 1.807) is 40.8 Å². The Kier molecular flexibility index (Phi) is 15.3. The lowest BCUT2D eigenvalue weighted by Gasteiger charge is -2.27. The average Bonchev–Trinajstić information content (AvgIpc) is 2.96. The van der Waals surface area contributed by atoms with Gasteiger partial charge >= 0.3 is 5.69 Å². The van der Waals surface area contributed by atoms with Crippen LogP contribution in [0.5, 0.6) is 5.75 Å². The van der Waals surface area contributed by atoms with Crippen molar-refractivity contribution in [3.8, 4) is 5.75 Å². The largest absolute Gasteiger partial charge is 0.501 e. The summed E-state index contributed by atoms with van der Waals surface area (Å²) in [4.78, 5) is 50.9. The van der Waals surface area contributed by atoms with Crippen LogP contribution in [0, 0.1) is 31.4 Å². The Bertz CT molecular complexity index is 1550. The lowest BCUT2D eigenvalue weighted by atomic mass is 9.99. The Morgan fingerprint density at radius 3 is 1.94 bits per heavy atom. The maximum absolute atomic E-state index is 13.6. The summed E-state index contributed by atoms with van der Waals surface area (Å²) < 4.78 is 25.9. The van der Waals surface area contributed by atoms with Gasteiger partial charge < -0.3 is 21.1 Å². The zero-order valence-electron chi connectivity index (χ0n) is 27.5. The number of nitro groups is 1. The number of nitrogens with zero attached hydrogens (tertiary/aromatic N) is 1. The highest BCUT2D eigenvalue weighted by Gasteiger charge is 2.29. The van der Waals surface area contributed by atoms with E-state index in [1.165, 1.54) is 24.3 Å². The Morgan fingerprint density at radius 2 is 1.40 bits per heavy atom.